The van der Waals surface area contributed by atoms with Gasteiger partial charge in [0, 0.05) is 30.7 Å². The summed E-state index contributed by atoms with van der Waals surface area (Å²) in [5.41, 5.74) is 9.08. The summed E-state index contributed by atoms with van der Waals surface area (Å²) in [6, 6.07) is 2.81. The van der Waals surface area contributed by atoms with E-state index >= 15 is 0 Å². The van der Waals surface area contributed by atoms with E-state index in [2.05, 4.69) is 22.9 Å². The molecule has 3 rings (SSSR count). The molecule has 4 heteroatoms. The molecule has 0 radical (unpaired) electrons. The van der Waals surface area contributed by atoms with Gasteiger partial charge >= 0.3 is 0 Å². The first kappa shape index (κ1) is 13.8. The molecule has 2 aliphatic rings. The zero-order valence-electron chi connectivity index (χ0n) is 12.3. The number of hydrogen-bond donors (Lipinski definition) is 1. The molecule has 1 saturated carbocycles. The Morgan fingerprint density at radius 2 is 1.90 bits per heavy atom. The zero-order chi connectivity index (χ0) is 13.9. The van der Waals surface area contributed by atoms with Crippen molar-refractivity contribution in [2.45, 2.75) is 44.6 Å². The number of ether oxygens (including phenoxy) is 1. The number of nitrogens with two attached hydrogens (primary N) is 1. The number of anilines is 1. The summed E-state index contributed by atoms with van der Waals surface area (Å²) in [5.74, 6) is 0.618. The molecule has 0 aromatic carbocycles. The van der Waals surface area contributed by atoms with Gasteiger partial charge in [-0.3, -0.25) is 9.88 Å². The highest BCUT2D eigenvalue weighted by Gasteiger charge is 2.28. The van der Waals surface area contributed by atoms with Crippen LogP contribution in [0.2, 0.25) is 0 Å². The topological polar surface area (TPSA) is 51.4 Å². The van der Waals surface area contributed by atoms with Gasteiger partial charge in [0.05, 0.1) is 25.1 Å². The second-order valence-corrected chi connectivity index (χ2v) is 6.12. The van der Waals surface area contributed by atoms with Crippen molar-refractivity contribution in [3.8, 4) is 0 Å². The summed E-state index contributed by atoms with van der Waals surface area (Å²) in [7, 11) is 0. The minimum absolute atomic E-state index is 0.618. The molecular weight excluding hydrogens is 250 g/mol. The molecule has 1 aliphatic carbocycles. The molecule has 0 bridgehead atoms. The van der Waals surface area contributed by atoms with E-state index in [1.807, 2.05) is 0 Å². The van der Waals surface area contributed by atoms with E-state index in [1.54, 1.807) is 6.20 Å². The summed E-state index contributed by atoms with van der Waals surface area (Å²) < 4.78 is 5.44. The Morgan fingerprint density at radius 1 is 1.20 bits per heavy atom. The maximum atomic E-state index is 5.80. The van der Waals surface area contributed by atoms with Crippen molar-refractivity contribution in [1.82, 2.24) is 9.88 Å². The molecule has 0 amide bonds. The van der Waals surface area contributed by atoms with Crippen molar-refractivity contribution in [1.29, 1.82) is 0 Å². The van der Waals surface area contributed by atoms with Gasteiger partial charge in [-0.15, -0.1) is 0 Å². The number of aryl methyl sites for hydroxylation is 1. The summed E-state index contributed by atoms with van der Waals surface area (Å²) in [6.07, 6.45) is 6.88. The molecule has 1 aromatic heterocycles. The zero-order valence-corrected chi connectivity index (χ0v) is 12.3. The van der Waals surface area contributed by atoms with Gasteiger partial charge in [-0.2, -0.15) is 0 Å². The van der Waals surface area contributed by atoms with Crippen LogP contribution in [0.15, 0.2) is 12.3 Å². The average molecular weight is 275 g/mol. The Balaban J connectivity index is 1.60. The third kappa shape index (κ3) is 2.96. The SMILES string of the molecule is Cc1cc(N)cnc1[C@H]1CC[C@@H](N2CCOCC2)CC1. The van der Waals surface area contributed by atoms with E-state index in [1.165, 1.54) is 36.9 Å². The molecular formula is C16H25N3O. The highest BCUT2D eigenvalue weighted by atomic mass is 16.5. The minimum atomic E-state index is 0.618. The van der Waals surface area contributed by atoms with Crippen LogP contribution in [0.25, 0.3) is 0 Å². The van der Waals surface area contributed by atoms with Crippen LogP contribution in [0.1, 0.15) is 42.9 Å². The summed E-state index contributed by atoms with van der Waals surface area (Å²) in [5, 5.41) is 0. The Bertz CT molecular complexity index is 449. The molecule has 2 fully saturated rings. The Labute approximate surface area is 121 Å². The van der Waals surface area contributed by atoms with Gasteiger partial charge in [-0.1, -0.05) is 0 Å². The molecule has 110 valence electrons. The predicted molar refractivity (Wildman–Crippen MR) is 80.8 cm³/mol. The lowest BCUT2D eigenvalue weighted by atomic mass is 9.82. The van der Waals surface area contributed by atoms with Gasteiger partial charge in [-0.25, -0.2) is 0 Å². The van der Waals surface area contributed by atoms with Crippen LogP contribution in [-0.2, 0) is 4.74 Å². The van der Waals surface area contributed by atoms with Crippen LogP contribution in [0.3, 0.4) is 0 Å². The van der Waals surface area contributed by atoms with Crippen LogP contribution >= 0.6 is 0 Å². The molecule has 0 atom stereocenters. The van der Waals surface area contributed by atoms with Crippen molar-refractivity contribution < 1.29 is 4.74 Å². The first-order valence-corrected chi connectivity index (χ1v) is 7.78. The Hall–Kier alpha value is -1.13. The summed E-state index contributed by atoms with van der Waals surface area (Å²) in [6.45, 7) is 6.15. The Kier molecular flexibility index (Phi) is 4.22. The number of rotatable bonds is 2. The van der Waals surface area contributed by atoms with Crippen molar-refractivity contribution in [3.63, 3.8) is 0 Å². The normalized spacial score (nSPS) is 28.4. The maximum absolute atomic E-state index is 5.80. The van der Waals surface area contributed by atoms with E-state index in [0.717, 1.165) is 38.0 Å². The summed E-state index contributed by atoms with van der Waals surface area (Å²) in [4.78, 5) is 7.19. The number of hydrogen-bond acceptors (Lipinski definition) is 4. The average Bonchev–Trinajstić information content (AvgIpc) is 2.48. The lowest BCUT2D eigenvalue weighted by Crippen LogP contribution is -2.44. The highest BCUT2D eigenvalue weighted by Crippen LogP contribution is 2.35. The van der Waals surface area contributed by atoms with Crippen LogP contribution in [0.4, 0.5) is 5.69 Å². The number of aromatic nitrogens is 1. The summed E-state index contributed by atoms with van der Waals surface area (Å²) >= 11 is 0. The second-order valence-electron chi connectivity index (χ2n) is 6.12. The standard InChI is InChI=1S/C16H25N3O/c1-12-10-14(17)11-18-16(12)13-2-4-15(5-3-13)19-6-8-20-9-7-19/h10-11,13,15H,2-9,17H2,1H3/t13-,15+. The fourth-order valence-corrected chi connectivity index (χ4v) is 3.69. The molecule has 1 aromatic rings. The number of nitrogens with zero attached hydrogens (tertiary/aromatic N) is 2. The van der Waals surface area contributed by atoms with Gasteiger partial charge < -0.3 is 10.5 Å². The fourth-order valence-electron chi connectivity index (χ4n) is 3.69. The molecule has 0 spiro atoms. The minimum Gasteiger partial charge on any atom is -0.397 e. The maximum Gasteiger partial charge on any atom is 0.0594 e. The van der Waals surface area contributed by atoms with Crippen LogP contribution in [0.5, 0.6) is 0 Å². The van der Waals surface area contributed by atoms with Crippen molar-refractivity contribution in [2.75, 3.05) is 32.0 Å². The molecule has 2 heterocycles. The van der Waals surface area contributed by atoms with E-state index < -0.39 is 0 Å². The van der Waals surface area contributed by atoms with Gasteiger partial charge in [0.15, 0.2) is 0 Å². The third-order valence-electron chi connectivity index (χ3n) is 4.79. The van der Waals surface area contributed by atoms with Gasteiger partial charge in [0.25, 0.3) is 0 Å². The predicted octanol–water partition coefficient (Wildman–Crippen LogP) is 2.33. The smallest absolute Gasteiger partial charge is 0.0594 e. The Morgan fingerprint density at radius 3 is 2.55 bits per heavy atom. The van der Waals surface area contributed by atoms with Crippen LogP contribution in [0, 0.1) is 6.92 Å². The van der Waals surface area contributed by atoms with Gasteiger partial charge in [0.1, 0.15) is 0 Å². The van der Waals surface area contributed by atoms with E-state index in [0.29, 0.717) is 5.92 Å². The van der Waals surface area contributed by atoms with Crippen molar-refractivity contribution in [2.24, 2.45) is 0 Å². The number of morpholine rings is 1. The highest BCUT2D eigenvalue weighted by molar-refractivity contribution is 5.40. The molecule has 4 nitrogen and oxygen atoms in total. The van der Waals surface area contributed by atoms with Crippen molar-refractivity contribution in [3.05, 3.63) is 23.5 Å². The lowest BCUT2D eigenvalue weighted by Gasteiger charge is -2.38. The van der Waals surface area contributed by atoms with Gasteiger partial charge in [0.2, 0.25) is 0 Å². The third-order valence-corrected chi connectivity index (χ3v) is 4.79. The fraction of sp³-hybridized carbons (Fsp3) is 0.688. The van der Waals surface area contributed by atoms with E-state index in [4.69, 9.17) is 10.5 Å². The first-order chi connectivity index (χ1) is 9.74. The van der Waals surface area contributed by atoms with E-state index in [-0.39, 0.29) is 0 Å². The molecule has 1 aliphatic heterocycles. The monoisotopic (exact) mass is 275 g/mol. The quantitative estimate of drug-likeness (QED) is 0.900. The second kappa shape index (κ2) is 6.10. The number of pyridine rings is 1. The largest absolute Gasteiger partial charge is 0.397 e. The van der Waals surface area contributed by atoms with Crippen LogP contribution in [-0.4, -0.2) is 42.2 Å². The molecule has 20 heavy (non-hydrogen) atoms. The van der Waals surface area contributed by atoms with Crippen LogP contribution < -0.4 is 5.73 Å². The molecule has 0 unspecified atom stereocenters. The number of nitrogen functional groups attached to an aromatic ring is 1. The van der Waals surface area contributed by atoms with E-state index in [9.17, 15) is 0 Å². The molecule has 2 N–H and O–H groups in total. The van der Waals surface area contributed by atoms with Crippen molar-refractivity contribution >= 4 is 5.69 Å². The first-order valence-electron chi connectivity index (χ1n) is 7.78. The lowest BCUT2D eigenvalue weighted by molar-refractivity contribution is 0.00720. The van der Waals surface area contributed by atoms with Gasteiger partial charge in [-0.05, 0) is 44.2 Å². The molecule has 1 saturated heterocycles.